The Morgan fingerprint density at radius 1 is 1.26 bits per heavy atom. The van der Waals surface area contributed by atoms with Crippen LogP contribution < -0.4 is 11.3 Å². The van der Waals surface area contributed by atoms with Gasteiger partial charge >= 0.3 is 0 Å². The monoisotopic (exact) mass is 264 g/mol. The third kappa shape index (κ3) is 3.86. The Labute approximate surface area is 115 Å². The Hall–Kier alpha value is -1.24. The zero-order valence-corrected chi connectivity index (χ0v) is 12.1. The minimum Gasteiger partial charge on any atom is -0.308 e. The molecule has 19 heavy (non-hydrogen) atoms. The molecule has 1 fully saturated rings. The minimum atomic E-state index is 0.630. The molecule has 0 bridgehead atoms. The van der Waals surface area contributed by atoms with Crippen molar-refractivity contribution in [2.75, 3.05) is 31.6 Å². The Kier molecular flexibility index (Phi) is 4.68. The molecule has 0 radical (unpaired) electrons. The molecule has 1 saturated heterocycles. The van der Waals surface area contributed by atoms with E-state index in [1.54, 1.807) is 0 Å². The molecule has 0 saturated carbocycles. The number of piperazine rings is 1. The summed E-state index contributed by atoms with van der Waals surface area (Å²) in [6.45, 7) is 11.6. The van der Waals surface area contributed by atoms with Gasteiger partial charge in [0.1, 0.15) is 11.6 Å². The Morgan fingerprint density at radius 3 is 2.53 bits per heavy atom. The molecule has 2 rings (SSSR count). The number of nitrogens with two attached hydrogens (primary N) is 1. The Morgan fingerprint density at radius 2 is 1.95 bits per heavy atom. The Balaban J connectivity index is 1.93. The molecule has 1 aromatic heterocycles. The van der Waals surface area contributed by atoms with Gasteiger partial charge in [-0.3, -0.25) is 9.80 Å². The molecule has 1 aromatic rings. The van der Waals surface area contributed by atoms with Crippen molar-refractivity contribution in [1.82, 2.24) is 19.8 Å². The molecule has 0 spiro atoms. The lowest BCUT2D eigenvalue weighted by molar-refractivity contribution is 0.102. The number of nitrogen functional groups attached to an aromatic ring is 1. The highest BCUT2D eigenvalue weighted by Gasteiger charge is 2.19. The van der Waals surface area contributed by atoms with E-state index in [9.17, 15) is 0 Å². The van der Waals surface area contributed by atoms with E-state index in [2.05, 4.69) is 39.0 Å². The van der Waals surface area contributed by atoms with Crippen LogP contribution in [0.25, 0.3) is 0 Å². The number of hydrogen-bond acceptors (Lipinski definition) is 6. The SMILES string of the molecule is Cc1cc(NN)nc(CN2CCN(C(C)C)CC2)n1. The minimum absolute atomic E-state index is 0.630. The molecule has 0 amide bonds. The number of hydrogen-bond donors (Lipinski definition) is 2. The Bertz CT molecular complexity index is 412. The largest absolute Gasteiger partial charge is 0.308 e. The van der Waals surface area contributed by atoms with Crippen LogP contribution >= 0.6 is 0 Å². The van der Waals surface area contributed by atoms with Gasteiger partial charge in [-0.15, -0.1) is 0 Å². The second-order valence-electron chi connectivity index (χ2n) is 5.36. The predicted octanol–water partition coefficient (Wildman–Crippen LogP) is 0.597. The van der Waals surface area contributed by atoms with Crippen LogP contribution in [-0.2, 0) is 6.54 Å². The van der Waals surface area contributed by atoms with Crippen molar-refractivity contribution < 1.29 is 0 Å². The van der Waals surface area contributed by atoms with Gasteiger partial charge in [-0.2, -0.15) is 0 Å². The van der Waals surface area contributed by atoms with E-state index in [4.69, 9.17) is 5.84 Å². The number of hydrazine groups is 1. The van der Waals surface area contributed by atoms with Crippen LogP contribution in [0.2, 0.25) is 0 Å². The van der Waals surface area contributed by atoms with E-state index in [-0.39, 0.29) is 0 Å². The van der Waals surface area contributed by atoms with Crippen LogP contribution in [0.3, 0.4) is 0 Å². The summed E-state index contributed by atoms with van der Waals surface area (Å²) >= 11 is 0. The quantitative estimate of drug-likeness (QED) is 0.613. The molecule has 0 atom stereocenters. The zero-order chi connectivity index (χ0) is 13.8. The normalized spacial score (nSPS) is 17.9. The maximum absolute atomic E-state index is 5.41. The van der Waals surface area contributed by atoms with Crippen molar-refractivity contribution in [3.8, 4) is 0 Å². The molecule has 0 aliphatic carbocycles. The number of aromatic nitrogens is 2. The fourth-order valence-corrected chi connectivity index (χ4v) is 2.41. The predicted molar refractivity (Wildman–Crippen MR) is 76.6 cm³/mol. The van der Waals surface area contributed by atoms with Crippen molar-refractivity contribution in [3.63, 3.8) is 0 Å². The summed E-state index contributed by atoms with van der Waals surface area (Å²) in [7, 11) is 0. The second-order valence-corrected chi connectivity index (χ2v) is 5.36. The van der Waals surface area contributed by atoms with Crippen LogP contribution in [0.5, 0.6) is 0 Å². The van der Waals surface area contributed by atoms with E-state index < -0.39 is 0 Å². The summed E-state index contributed by atoms with van der Waals surface area (Å²) in [5.41, 5.74) is 3.53. The molecule has 6 nitrogen and oxygen atoms in total. The lowest BCUT2D eigenvalue weighted by Crippen LogP contribution is -2.48. The topological polar surface area (TPSA) is 70.3 Å². The summed E-state index contributed by atoms with van der Waals surface area (Å²) in [6.07, 6.45) is 0. The van der Waals surface area contributed by atoms with Gasteiger partial charge in [0.15, 0.2) is 0 Å². The summed E-state index contributed by atoms with van der Waals surface area (Å²) < 4.78 is 0. The first-order valence-corrected chi connectivity index (χ1v) is 6.86. The molecule has 1 aliphatic rings. The van der Waals surface area contributed by atoms with E-state index in [1.165, 1.54) is 0 Å². The summed E-state index contributed by atoms with van der Waals surface area (Å²) in [5, 5.41) is 0. The number of anilines is 1. The summed E-state index contributed by atoms with van der Waals surface area (Å²) in [6, 6.07) is 2.48. The molecule has 1 aliphatic heterocycles. The highest BCUT2D eigenvalue weighted by molar-refractivity contribution is 5.33. The molecule has 0 aromatic carbocycles. The van der Waals surface area contributed by atoms with Crippen LogP contribution in [0.15, 0.2) is 6.07 Å². The second kappa shape index (κ2) is 6.27. The van der Waals surface area contributed by atoms with Crippen molar-refractivity contribution in [2.24, 2.45) is 5.84 Å². The van der Waals surface area contributed by atoms with E-state index in [0.717, 1.165) is 44.2 Å². The molecule has 3 N–H and O–H groups in total. The maximum atomic E-state index is 5.41. The fraction of sp³-hybridized carbons (Fsp3) is 0.692. The average Bonchev–Trinajstić information content (AvgIpc) is 2.38. The number of nitrogens with zero attached hydrogens (tertiary/aromatic N) is 4. The number of aryl methyl sites for hydroxylation is 1. The lowest BCUT2D eigenvalue weighted by atomic mass is 10.2. The summed E-state index contributed by atoms with van der Waals surface area (Å²) in [4.78, 5) is 13.8. The molecule has 6 heteroatoms. The van der Waals surface area contributed by atoms with Gasteiger partial charge < -0.3 is 5.43 Å². The van der Waals surface area contributed by atoms with Gasteiger partial charge in [-0.1, -0.05) is 0 Å². The van der Waals surface area contributed by atoms with Gasteiger partial charge in [0.2, 0.25) is 0 Å². The standard InChI is InChI=1S/C13H24N6/c1-10(2)19-6-4-18(5-7-19)9-13-15-11(3)8-12(16-13)17-14/h8,10H,4-7,9,14H2,1-3H3,(H,15,16,17). The van der Waals surface area contributed by atoms with Crippen LogP contribution in [0.4, 0.5) is 5.82 Å². The number of rotatable bonds is 4. The molecule has 0 unspecified atom stereocenters. The van der Waals surface area contributed by atoms with Gasteiger partial charge in [0.25, 0.3) is 0 Å². The van der Waals surface area contributed by atoms with Crippen molar-refractivity contribution in [1.29, 1.82) is 0 Å². The number of nitrogens with one attached hydrogen (secondary N) is 1. The van der Waals surface area contributed by atoms with Crippen molar-refractivity contribution in [3.05, 3.63) is 17.6 Å². The first-order valence-electron chi connectivity index (χ1n) is 6.86. The highest BCUT2D eigenvalue weighted by Crippen LogP contribution is 2.10. The average molecular weight is 264 g/mol. The van der Waals surface area contributed by atoms with Gasteiger partial charge in [-0.25, -0.2) is 15.8 Å². The first-order chi connectivity index (χ1) is 9.08. The fourth-order valence-electron chi connectivity index (χ4n) is 2.41. The van der Waals surface area contributed by atoms with Crippen molar-refractivity contribution in [2.45, 2.75) is 33.4 Å². The van der Waals surface area contributed by atoms with Gasteiger partial charge in [0.05, 0.1) is 6.54 Å². The van der Waals surface area contributed by atoms with E-state index in [1.807, 2.05) is 13.0 Å². The van der Waals surface area contributed by atoms with Gasteiger partial charge in [-0.05, 0) is 20.8 Å². The molecular formula is C13H24N6. The lowest BCUT2D eigenvalue weighted by Gasteiger charge is -2.36. The third-order valence-corrected chi connectivity index (χ3v) is 3.55. The van der Waals surface area contributed by atoms with Crippen LogP contribution in [-0.4, -0.2) is 52.0 Å². The van der Waals surface area contributed by atoms with Crippen LogP contribution in [0.1, 0.15) is 25.4 Å². The highest BCUT2D eigenvalue weighted by atomic mass is 15.3. The van der Waals surface area contributed by atoms with E-state index >= 15 is 0 Å². The zero-order valence-electron chi connectivity index (χ0n) is 12.1. The third-order valence-electron chi connectivity index (χ3n) is 3.55. The molecule has 2 heterocycles. The summed E-state index contributed by atoms with van der Waals surface area (Å²) in [5.74, 6) is 6.93. The smallest absolute Gasteiger partial charge is 0.145 e. The van der Waals surface area contributed by atoms with E-state index in [0.29, 0.717) is 11.9 Å². The molecular weight excluding hydrogens is 240 g/mol. The van der Waals surface area contributed by atoms with Gasteiger partial charge in [0, 0.05) is 44.0 Å². The first kappa shape index (κ1) is 14.2. The van der Waals surface area contributed by atoms with Crippen LogP contribution in [0, 0.1) is 6.92 Å². The van der Waals surface area contributed by atoms with Crippen molar-refractivity contribution >= 4 is 5.82 Å². The molecule has 106 valence electrons. The maximum Gasteiger partial charge on any atom is 0.145 e.